The minimum atomic E-state index is -0.729. The van der Waals surface area contributed by atoms with Crippen molar-refractivity contribution < 1.29 is 19.1 Å². The van der Waals surface area contributed by atoms with Gasteiger partial charge < -0.3 is 10.1 Å². The van der Waals surface area contributed by atoms with E-state index in [9.17, 15) is 14.4 Å². The molecule has 0 aliphatic rings. The molecule has 0 saturated carbocycles. The quantitative estimate of drug-likeness (QED) is 0.397. The standard InChI is InChI=1S/C15H26INO4/c1-9(2)12(7-11(18)8-16)13(19)17-10(3)14(20)21-15(4,5)6/h9-10,12H,7-8H2,1-6H3,(H,17,19)/t10-,12-/m0/s1. The molecule has 21 heavy (non-hydrogen) atoms. The van der Waals surface area contributed by atoms with Gasteiger partial charge in [-0.2, -0.15) is 0 Å². The number of rotatable bonds is 7. The molecule has 6 heteroatoms. The van der Waals surface area contributed by atoms with E-state index in [1.807, 2.05) is 36.4 Å². The van der Waals surface area contributed by atoms with Gasteiger partial charge in [0.2, 0.25) is 5.91 Å². The van der Waals surface area contributed by atoms with Crippen LogP contribution in [0.2, 0.25) is 0 Å². The second-order valence-electron chi connectivity index (χ2n) is 6.49. The van der Waals surface area contributed by atoms with Gasteiger partial charge >= 0.3 is 5.97 Å². The molecule has 122 valence electrons. The lowest BCUT2D eigenvalue weighted by molar-refractivity contribution is -0.158. The Kier molecular flexibility index (Phi) is 8.43. The van der Waals surface area contributed by atoms with Crippen molar-refractivity contribution >= 4 is 40.3 Å². The summed E-state index contributed by atoms with van der Waals surface area (Å²) in [5.74, 6) is -1.10. The number of ketones is 1. The highest BCUT2D eigenvalue weighted by Crippen LogP contribution is 2.17. The zero-order valence-electron chi connectivity index (χ0n) is 13.7. The molecule has 1 amide bonds. The highest BCUT2D eigenvalue weighted by Gasteiger charge is 2.29. The summed E-state index contributed by atoms with van der Waals surface area (Å²) >= 11 is 1.99. The van der Waals surface area contributed by atoms with Gasteiger partial charge in [-0.05, 0) is 33.6 Å². The minimum Gasteiger partial charge on any atom is -0.458 e. The number of hydrogen-bond acceptors (Lipinski definition) is 4. The summed E-state index contributed by atoms with van der Waals surface area (Å²) in [6.45, 7) is 10.7. The van der Waals surface area contributed by atoms with Crippen molar-refractivity contribution in [2.45, 2.75) is 59.6 Å². The first kappa shape index (κ1) is 20.3. The van der Waals surface area contributed by atoms with Crippen LogP contribution in [-0.4, -0.2) is 33.7 Å². The summed E-state index contributed by atoms with van der Waals surface area (Å²) in [5, 5.41) is 2.64. The Balaban J connectivity index is 4.68. The molecule has 0 aliphatic heterocycles. The molecule has 0 unspecified atom stereocenters. The maximum Gasteiger partial charge on any atom is 0.328 e. The van der Waals surface area contributed by atoms with E-state index in [-0.39, 0.29) is 24.0 Å². The van der Waals surface area contributed by atoms with E-state index in [0.29, 0.717) is 4.43 Å². The van der Waals surface area contributed by atoms with Gasteiger partial charge in [0.15, 0.2) is 0 Å². The normalized spacial score (nSPS) is 14.5. The molecule has 0 fully saturated rings. The van der Waals surface area contributed by atoms with Crippen LogP contribution in [0.1, 0.15) is 48.0 Å². The van der Waals surface area contributed by atoms with Crippen molar-refractivity contribution in [2.75, 3.05) is 4.43 Å². The van der Waals surface area contributed by atoms with Gasteiger partial charge in [0.05, 0.1) is 4.43 Å². The second kappa shape index (κ2) is 8.70. The van der Waals surface area contributed by atoms with Crippen LogP contribution in [0.5, 0.6) is 0 Å². The van der Waals surface area contributed by atoms with Crippen LogP contribution in [0.3, 0.4) is 0 Å². The number of alkyl halides is 1. The number of ether oxygens (including phenoxy) is 1. The predicted octanol–water partition coefficient (Wildman–Crippen LogP) is 2.50. The summed E-state index contributed by atoms with van der Waals surface area (Å²) < 4.78 is 5.61. The number of carbonyl (C=O) groups is 3. The van der Waals surface area contributed by atoms with Gasteiger partial charge in [0, 0.05) is 12.3 Å². The predicted molar refractivity (Wildman–Crippen MR) is 90.3 cm³/mol. The Bertz CT molecular complexity index is 388. The average Bonchev–Trinajstić information content (AvgIpc) is 2.32. The average molecular weight is 411 g/mol. The second-order valence-corrected chi connectivity index (χ2v) is 7.25. The molecule has 0 aromatic carbocycles. The number of hydrogen-bond donors (Lipinski definition) is 1. The largest absolute Gasteiger partial charge is 0.458 e. The lowest BCUT2D eigenvalue weighted by Crippen LogP contribution is -2.45. The minimum absolute atomic E-state index is 0.0303. The molecule has 0 rings (SSSR count). The van der Waals surface area contributed by atoms with E-state index < -0.39 is 23.5 Å². The van der Waals surface area contributed by atoms with E-state index in [2.05, 4.69) is 5.32 Å². The smallest absolute Gasteiger partial charge is 0.328 e. The molecule has 0 radical (unpaired) electrons. The van der Waals surface area contributed by atoms with E-state index in [4.69, 9.17) is 4.74 Å². The van der Waals surface area contributed by atoms with Gasteiger partial charge in [-0.15, -0.1) is 0 Å². The van der Waals surface area contributed by atoms with E-state index in [1.165, 1.54) is 0 Å². The van der Waals surface area contributed by atoms with Gasteiger partial charge in [-0.3, -0.25) is 9.59 Å². The van der Waals surface area contributed by atoms with Gasteiger partial charge in [-0.1, -0.05) is 36.4 Å². The third-order valence-electron chi connectivity index (χ3n) is 2.86. The number of nitrogens with one attached hydrogen (secondary N) is 1. The Morgan fingerprint density at radius 3 is 2.05 bits per heavy atom. The van der Waals surface area contributed by atoms with Gasteiger partial charge in [0.25, 0.3) is 0 Å². The Morgan fingerprint density at radius 2 is 1.67 bits per heavy atom. The third-order valence-corrected chi connectivity index (χ3v) is 3.71. The topological polar surface area (TPSA) is 72.5 Å². The van der Waals surface area contributed by atoms with Crippen molar-refractivity contribution in [1.29, 1.82) is 0 Å². The Morgan fingerprint density at radius 1 is 1.14 bits per heavy atom. The highest BCUT2D eigenvalue weighted by atomic mass is 127. The number of halogens is 1. The molecule has 2 atom stereocenters. The molecule has 0 aliphatic carbocycles. The van der Waals surface area contributed by atoms with E-state index >= 15 is 0 Å². The van der Waals surface area contributed by atoms with E-state index in [1.54, 1.807) is 27.7 Å². The first-order chi connectivity index (χ1) is 9.47. The van der Waals surface area contributed by atoms with E-state index in [0.717, 1.165) is 0 Å². The van der Waals surface area contributed by atoms with Crippen LogP contribution < -0.4 is 5.32 Å². The first-order valence-corrected chi connectivity index (χ1v) is 8.61. The van der Waals surface area contributed by atoms with Gasteiger partial charge in [0.1, 0.15) is 17.4 Å². The maximum absolute atomic E-state index is 12.2. The Hall–Kier alpha value is -0.660. The molecule has 0 aromatic rings. The lowest BCUT2D eigenvalue weighted by Gasteiger charge is -2.25. The first-order valence-electron chi connectivity index (χ1n) is 7.08. The SMILES string of the molecule is CC(C)[C@H](CC(=O)CI)C(=O)N[C@@H](C)C(=O)OC(C)(C)C. The van der Waals surface area contributed by atoms with Crippen LogP contribution in [0.4, 0.5) is 0 Å². The molecule has 0 spiro atoms. The molecule has 0 bridgehead atoms. The fourth-order valence-electron chi connectivity index (χ4n) is 1.70. The molecule has 5 nitrogen and oxygen atoms in total. The number of Topliss-reactive ketones (excluding diaryl/α,β-unsaturated/α-hetero) is 1. The fraction of sp³-hybridized carbons (Fsp3) is 0.800. The monoisotopic (exact) mass is 411 g/mol. The summed E-state index contributed by atoms with van der Waals surface area (Å²) in [6.07, 6.45) is 0.202. The number of carbonyl (C=O) groups excluding carboxylic acids is 3. The number of amides is 1. The van der Waals surface area contributed by atoms with Crippen molar-refractivity contribution in [1.82, 2.24) is 5.32 Å². The summed E-state index contributed by atoms with van der Waals surface area (Å²) in [5.41, 5.74) is -0.593. The summed E-state index contributed by atoms with van der Waals surface area (Å²) in [7, 11) is 0. The van der Waals surface area contributed by atoms with Crippen LogP contribution in [0.15, 0.2) is 0 Å². The highest BCUT2D eigenvalue weighted by molar-refractivity contribution is 14.1. The molecule has 0 aromatic heterocycles. The fourth-order valence-corrected chi connectivity index (χ4v) is 2.01. The third kappa shape index (κ3) is 8.38. The van der Waals surface area contributed by atoms with Crippen molar-refractivity contribution in [3.8, 4) is 0 Å². The summed E-state index contributed by atoms with van der Waals surface area (Å²) in [6, 6.07) is -0.729. The van der Waals surface area contributed by atoms with Crippen LogP contribution in [-0.2, 0) is 19.1 Å². The van der Waals surface area contributed by atoms with Crippen molar-refractivity contribution in [3.05, 3.63) is 0 Å². The molecule has 1 N–H and O–H groups in total. The van der Waals surface area contributed by atoms with Crippen LogP contribution >= 0.6 is 22.6 Å². The van der Waals surface area contributed by atoms with Crippen LogP contribution in [0, 0.1) is 11.8 Å². The zero-order chi connectivity index (χ0) is 16.8. The maximum atomic E-state index is 12.2. The zero-order valence-corrected chi connectivity index (χ0v) is 15.8. The van der Waals surface area contributed by atoms with Crippen molar-refractivity contribution in [2.24, 2.45) is 11.8 Å². The lowest BCUT2D eigenvalue weighted by atomic mass is 9.90. The number of esters is 1. The summed E-state index contributed by atoms with van der Waals surface area (Å²) in [4.78, 5) is 35.7. The molecular weight excluding hydrogens is 385 g/mol. The Labute approximate surface area is 140 Å². The molecular formula is C15H26INO4. The molecule has 0 saturated heterocycles. The van der Waals surface area contributed by atoms with Gasteiger partial charge in [-0.25, -0.2) is 4.79 Å². The van der Waals surface area contributed by atoms with Crippen LogP contribution in [0.25, 0.3) is 0 Å². The van der Waals surface area contributed by atoms with Crippen molar-refractivity contribution in [3.63, 3.8) is 0 Å². The molecule has 0 heterocycles.